The van der Waals surface area contributed by atoms with Gasteiger partial charge in [0.2, 0.25) is 5.91 Å². The molecule has 0 saturated carbocycles. The Hall–Kier alpha value is -2.14. The summed E-state index contributed by atoms with van der Waals surface area (Å²) in [6.45, 7) is 2.13. The summed E-state index contributed by atoms with van der Waals surface area (Å²) in [4.78, 5) is 23.0. The van der Waals surface area contributed by atoms with E-state index in [0.717, 1.165) is 30.8 Å². The molecular weight excluding hydrogens is 312 g/mol. The van der Waals surface area contributed by atoms with Gasteiger partial charge >= 0.3 is 0 Å². The molecule has 1 atom stereocenters. The number of piperidine rings is 1. The lowest BCUT2D eigenvalue weighted by Gasteiger charge is -2.32. The number of hydrogen-bond acceptors (Lipinski definition) is 4. The fourth-order valence-corrected chi connectivity index (χ4v) is 2.92. The normalized spacial score (nSPS) is 17.8. The number of halogens is 1. The second-order valence-corrected chi connectivity index (χ2v) is 6.13. The molecule has 3 rings (SSSR count). The Bertz CT molecular complexity index is 647. The van der Waals surface area contributed by atoms with Crippen LogP contribution in [0.3, 0.4) is 0 Å². The summed E-state index contributed by atoms with van der Waals surface area (Å²) in [7, 11) is 0. The second-order valence-electron chi connectivity index (χ2n) is 5.69. The van der Waals surface area contributed by atoms with Crippen molar-refractivity contribution in [3.05, 3.63) is 53.4 Å². The lowest BCUT2D eigenvalue weighted by Crippen LogP contribution is -2.43. The zero-order valence-electron chi connectivity index (χ0n) is 12.8. The van der Waals surface area contributed by atoms with E-state index in [1.54, 1.807) is 18.6 Å². The molecule has 1 saturated heterocycles. The van der Waals surface area contributed by atoms with E-state index in [-0.39, 0.29) is 11.8 Å². The van der Waals surface area contributed by atoms with Crippen LogP contribution in [0, 0.1) is 5.92 Å². The minimum Gasteiger partial charge on any atom is -0.355 e. The first kappa shape index (κ1) is 15.7. The van der Waals surface area contributed by atoms with Gasteiger partial charge in [0.05, 0.1) is 12.1 Å². The number of carbonyl (C=O) groups is 1. The smallest absolute Gasteiger partial charge is 0.225 e. The Balaban J connectivity index is 1.55. The van der Waals surface area contributed by atoms with Crippen molar-refractivity contribution in [3.8, 4) is 0 Å². The summed E-state index contributed by atoms with van der Waals surface area (Å²) in [6, 6.07) is 7.52. The van der Waals surface area contributed by atoms with Crippen molar-refractivity contribution in [1.82, 2.24) is 15.3 Å². The molecule has 1 fully saturated rings. The van der Waals surface area contributed by atoms with Gasteiger partial charge in [-0.25, -0.2) is 4.98 Å². The summed E-state index contributed by atoms with van der Waals surface area (Å²) in [5.41, 5.74) is 1.05. The average molecular weight is 331 g/mol. The Morgan fingerprint density at radius 3 is 2.87 bits per heavy atom. The number of aromatic nitrogens is 2. The maximum absolute atomic E-state index is 12.4. The van der Waals surface area contributed by atoms with Crippen LogP contribution in [0.1, 0.15) is 18.4 Å². The number of amides is 1. The highest BCUT2D eigenvalue weighted by Gasteiger charge is 2.26. The third-order valence-corrected chi connectivity index (χ3v) is 4.30. The molecule has 0 radical (unpaired) electrons. The highest BCUT2D eigenvalue weighted by atomic mass is 35.5. The van der Waals surface area contributed by atoms with Crippen molar-refractivity contribution in [3.63, 3.8) is 0 Å². The van der Waals surface area contributed by atoms with Gasteiger partial charge in [-0.2, -0.15) is 0 Å². The minimum absolute atomic E-state index is 0.0157. The molecule has 1 N–H and O–H groups in total. The number of nitrogens with zero attached hydrogens (tertiary/aromatic N) is 3. The topological polar surface area (TPSA) is 58.1 Å². The van der Waals surface area contributed by atoms with E-state index in [1.807, 2.05) is 24.3 Å². The number of carbonyl (C=O) groups excluding carboxylic acids is 1. The van der Waals surface area contributed by atoms with E-state index in [2.05, 4.69) is 20.2 Å². The van der Waals surface area contributed by atoms with Crippen LogP contribution in [0.5, 0.6) is 0 Å². The van der Waals surface area contributed by atoms with Gasteiger partial charge in [0.1, 0.15) is 5.82 Å². The van der Waals surface area contributed by atoms with Crippen LogP contribution in [0.25, 0.3) is 0 Å². The van der Waals surface area contributed by atoms with Crippen LogP contribution in [-0.4, -0.2) is 29.0 Å². The first-order valence-electron chi connectivity index (χ1n) is 7.75. The van der Waals surface area contributed by atoms with Crippen LogP contribution >= 0.6 is 11.6 Å². The zero-order valence-corrected chi connectivity index (χ0v) is 13.5. The summed E-state index contributed by atoms with van der Waals surface area (Å²) in [6.07, 6.45) is 6.97. The number of nitrogens with one attached hydrogen (secondary N) is 1. The maximum Gasteiger partial charge on any atom is 0.225 e. The van der Waals surface area contributed by atoms with Crippen LogP contribution in [-0.2, 0) is 11.3 Å². The Morgan fingerprint density at radius 2 is 2.13 bits per heavy atom. The van der Waals surface area contributed by atoms with Gasteiger partial charge in [0, 0.05) is 37.1 Å². The van der Waals surface area contributed by atoms with Gasteiger partial charge in [0.25, 0.3) is 0 Å². The molecule has 0 spiro atoms. The minimum atomic E-state index is -0.0157. The molecule has 5 nitrogen and oxygen atoms in total. The molecule has 120 valence electrons. The summed E-state index contributed by atoms with van der Waals surface area (Å²) < 4.78 is 0. The van der Waals surface area contributed by atoms with E-state index in [0.29, 0.717) is 18.1 Å². The molecule has 1 aromatic heterocycles. The molecule has 1 aliphatic rings. The van der Waals surface area contributed by atoms with Gasteiger partial charge in [-0.15, -0.1) is 0 Å². The molecule has 1 aromatic carbocycles. The van der Waals surface area contributed by atoms with E-state index >= 15 is 0 Å². The predicted octanol–water partition coefficient (Wildman–Crippen LogP) is 2.66. The Labute approximate surface area is 140 Å². The second kappa shape index (κ2) is 7.42. The number of rotatable bonds is 4. The third-order valence-electron chi connectivity index (χ3n) is 4.05. The summed E-state index contributed by atoms with van der Waals surface area (Å²) >= 11 is 5.87. The van der Waals surface area contributed by atoms with Crippen LogP contribution < -0.4 is 10.2 Å². The van der Waals surface area contributed by atoms with Crippen molar-refractivity contribution in [2.75, 3.05) is 18.0 Å². The highest BCUT2D eigenvalue weighted by molar-refractivity contribution is 6.30. The number of anilines is 1. The molecule has 2 heterocycles. The van der Waals surface area contributed by atoms with Crippen LogP contribution in [0.4, 0.5) is 5.82 Å². The maximum atomic E-state index is 12.4. The molecule has 1 aliphatic heterocycles. The van der Waals surface area contributed by atoms with Crippen molar-refractivity contribution < 1.29 is 4.79 Å². The fourth-order valence-electron chi connectivity index (χ4n) is 2.79. The fraction of sp³-hybridized carbons (Fsp3) is 0.353. The third kappa shape index (κ3) is 4.20. The first-order valence-corrected chi connectivity index (χ1v) is 8.13. The number of hydrogen-bond donors (Lipinski definition) is 1. The van der Waals surface area contributed by atoms with E-state index < -0.39 is 0 Å². The van der Waals surface area contributed by atoms with Crippen LogP contribution in [0.15, 0.2) is 42.9 Å². The van der Waals surface area contributed by atoms with Crippen molar-refractivity contribution in [2.24, 2.45) is 5.92 Å². The van der Waals surface area contributed by atoms with E-state index in [1.165, 1.54) is 0 Å². The standard InChI is InChI=1S/C17H19ClN4O/c18-15-5-3-13(4-6-15)10-21-17(23)14-2-1-9-22(12-14)16-11-19-7-8-20-16/h3-8,11,14H,1-2,9-10,12H2,(H,21,23)/t14-/m1/s1. The van der Waals surface area contributed by atoms with E-state index in [9.17, 15) is 4.79 Å². The Morgan fingerprint density at radius 1 is 1.30 bits per heavy atom. The quantitative estimate of drug-likeness (QED) is 0.936. The van der Waals surface area contributed by atoms with Gasteiger partial charge < -0.3 is 10.2 Å². The number of benzene rings is 1. The summed E-state index contributed by atoms with van der Waals surface area (Å²) in [5, 5.41) is 3.72. The lowest BCUT2D eigenvalue weighted by atomic mass is 9.97. The Kier molecular flexibility index (Phi) is 5.08. The first-order chi connectivity index (χ1) is 11.2. The molecule has 0 bridgehead atoms. The van der Waals surface area contributed by atoms with Crippen molar-refractivity contribution in [2.45, 2.75) is 19.4 Å². The van der Waals surface area contributed by atoms with Gasteiger partial charge in [0.15, 0.2) is 0 Å². The molecule has 2 aromatic rings. The molecular formula is C17H19ClN4O. The van der Waals surface area contributed by atoms with Crippen LogP contribution in [0.2, 0.25) is 5.02 Å². The van der Waals surface area contributed by atoms with E-state index in [4.69, 9.17) is 11.6 Å². The molecule has 23 heavy (non-hydrogen) atoms. The predicted molar refractivity (Wildman–Crippen MR) is 90.3 cm³/mol. The molecule has 1 amide bonds. The van der Waals surface area contributed by atoms with Gasteiger partial charge in [-0.05, 0) is 30.5 Å². The summed E-state index contributed by atoms with van der Waals surface area (Å²) in [5.74, 6) is 0.911. The zero-order chi connectivity index (χ0) is 16.1. The van der Waals surface area contributed by atoms with Crippen molar-refractivity contribution in [1.29, 1.82) is 0 Å². The van der Waals surface area contributed by atoms with Crippen molar-refractivity contribution >= 4 is 23.3 Å². The SMILES string of the molecule is O=C(NCc1ccc(Cl)cc1)[C@@H]1CCCN(c2cnccn2)C1. The lowest BCUT2D eigenvalue weighted by molar-refractivity contribution is -0.125. The largest absolute Gasteiger partial charge is 0.355 e. The average Bonchev–Trinajstić information content (AvgIpc) is 2.62. The molecule has 0 unspecified atom stereocenters. The van der Waals surface area contributed by atoms with Gasteiger partial charge in [-0.1, -0.05) is 23.7 Å². The van der Waals surface area contributed by atoms with Gasteiger partial charge in [-0.3, -0.25) is 9.78 Å². The highest BCUT2D eigenvalue weighted by Crippen LogP contribution is 2.21. The molecule has 6 heteroatoms. The monoisotopic (exact) mass is 330 g/mol. The molecule has 0 aliphatic carbocycles.